The molecule has 3 aliphatic heterocycles. The van der Waals surface area contributed by atoms with Gasteiger partial charge in [0.1, 0.15) is 24.0 Å². The van der Waals surface area contributed by atoms with E-state index in [1.54, 1.807) is 66.7 Å². The molecule has 11 N–H and O–H groups in total. The van der Waals surface area contributed by atoms with Gasteiger partial charge in [-0.1, -0.05) is 86.6 Å². The number of nitrogen functional groups attached to an aromatic ring is 4. The van der Waals surface area contributed by atoms with Crippen molar-refractivity contribution in [3.8, 4) is 17.2 Å². The molecule has 4 aliphatic rings. The summed E-state index contributed by atoms with van der Waals surface area (Å²) in [5.74, 6) is 2.37. The topological polar surface area (TPSA) is 219 Å². The Morgan fingerprint density at radius 2 is 1.02 bits per heavy atom. The molecule has 3 heterocycles. The van der Waals surface area contributed by atoms with Crippen molar-refractivity contribution in [1.29, 1.82) is 0 Å². The van der Waals surface area contributed by atoms with Crippen molar-refractivity contribution in [2.24, 2.45) is 5.92 Å². The predicted molar refractivity (Wildman–Crippen MR) is 260 cm³/mol. The number of fused-ring (bicyclic) bond motifs is 1. The molecule has 6 aromatic rings. The summed E-state index contributed by atoms with van der Waals surface area (Å²) in [5.41, 5.74) is 29.7. The van der Waals surface area contributed by atoms with E-state index in [1.807, 2.05) is 91.7 Å². The summed E-state index contributed by atoms with van der Waals surface area (Å²) in [6.45, 7) is 8.13. The van der Waals surface area contributed by atoms with Crippen molar-refractivity contribution in [3.05, 3.63) is 174 Å². The van der Waals surface area contributed by atoms with Crippen LogP contribution in [0.3, 0.4) is 0 Å². The minimum Gasteiger partial charge on any atom is -0.508 e. The molecule has 0 aromatic heterocycles. The Labute approximate surface area is 382 Å². The van der Waals surface area contributed by atoms with Gasteiger partial charge in [-0.05, 0) is 133 Å². The minimum absolute atomic E-state index is 0.151. The van der Waals surface area contributed by atoms with Gasteiger partial charge in [0.2, 0.25) is 0 Å². The Kier molecular flexibility index (Phi) is 20.3. The molecule has 64 heavy (non-hydrogen) atoms. The van der Waals surface area contributed by atoms with Gasteiger partial charge in [0.25, 0.3) is 0 Å². The van der Waals surface area contributed by atoms with Crippen LogP contribution in [-0.2, 0) is 30.8 Å². The van der Waals surface area contributed by atoms with Gasteiger partial charge in [0, 0.05) is 28.2 Å². The maximum absolute atomic E-state index is 9.30. The number of halogens is 1. The molecule has 1 aliphatic carbocycles. The van der Waals surface area contributed by atoms with E-state index in [4.69, 9.17) is 58.6 Å². The van der Waals surface area contributed by atoms with Gasteiger partial charge in [0.15, 0.2) is 0 Å². The Morgan fingerprint density at radius 3 is 1.34 bits per heavy atom. The van der Waals surface area contributed by atoms with E-state index >= 15 is 0 Å². The van der Waals surface area contributed by atoms with E-state index in [9.17, 15) is 10.2 Å². The quantitative estimate of drug-likeness (QED) is 0.0474. The molecule has 4 fully saturated rings. The van der Waals surface area contributed by atoms with Crippen LogP contribution in [0.5, 0.6) is 17.2 Å². The number of phenolic OH excluding ortho intramolecular Hbond substituents is 3. The third-order valence-corrected chi connectivity index (χ3v) is 11.1. The number of carbonyl (C=O) groups excluding carboxylic acids is 1. The number of hydrogen-bond donors (Lipinski definition) is 7. The summed E-state index contributed by atoms with van der Waals surface area (Å²) in [6.07, 6.45) is 7.11. The van der Waals surface area contributed by atoms with Crippen LogP contribution >= 0.6 is 11.6 Å². The lowest BCUT2D eigenvalue weighted by atomic mass is 9.78. The largest absolute Gasteiger partial charge is 0.508 e. The molecule has 3 saturated heterocycles. The van der Waals surface area contributed by atoms with Crippen LogP contribution in [-0.4, -0.2) is 65.6 Å². The van der Waals surface area contributed by atoms with Gasteiger partial charge in [-0.2, -0.15) is 0 Å². The first kappa shape index (κ1) is 50.4. The molecule has 5 unspecified atom stereocenters. The lowest BCUT2D eigenvalue weighted by Crippen LogP contribution is -2.18. The first-order valence-corrected chi connectivity index (χ1v) is 21.7. The van der Waals surface area contributed by atoms with Crippen LogP contribution in [0.15, 0.2) is 152 Å². The maximum Gasteiger partial charge on any atom is 0.115 e. The lowest BCUT2D eigenvalue weighted by molar-refractivity contribution is -0.0980. The second-order valence-corrected chi connectivity index (χ2v) is 16.5. The van der Waals surface area contributed by atoms with Gasteiger partial charge < -0.3 is 57.3 Å². The molecule has 1 saturated carbocycles. The molecule has 0 bridgehead atoms. The Bertz CT molecular complexity index is 2100. The highest BCUT2D eigenvalue weighted by molar-refractivity contribution is 6.18. The van der Waals surface area contributed by atoms with Crippen molar-refractivity contribution in [2.45, 2.75) is 69.4 Å². The van der Waals surface area contributed by atoms with Crippen LogP contribution in [0.1, 0.15) is 55.4 Å². The van der Waals surface area contributed by atoms with Crippen molar-refractivity contribution in [1.82, 2.24) is 0 Å². The smallest absolute Gasteiger partial charge is 0.115 e. The Hall–Kier alpha value is -6.24. The third kappa shape index (κ3) is 18.6. The molecule has 340 valence electrons. The molecular formula is C52H63ClN4O7. The summed E-state index contributed by atoms with van der Waals surface area (Å²) in [4.78, 5) is 8.00. The first-order valence-electron chi connectivity index (χ1n) is 21.2. The van der Waals surface area contributed by atoms with E-state index in [0.29, 0.717) is 47.4 Å². The molecule has 0 spiro atoms. The van der Waals surface area contributed by atoms with E-state index in [-0.39, 0.29) is 16.9 Å². The monoisotopic (exact) mass is 890 g/mol. The SMILES string of the molecule is C1CC2OC2CC1C1CO1.C=O.CC(C)(c1ccc(O)cc1)c1ccc(O)cc1.ClCC1CO1.Nc1ccc(Cc2ccc(N)cc2)cc1.Nc1cccc(N)c1.Oc1ccccc1. The van der Waals surface area contributed by atoms with Crippen LogP contribution < -0.4 is 22.9 Å². The van der Waals surface area contributed by atoms with Gasteiger partial charge in [-0.25, -0.2) is 0 Å². The highest BCUT2D eigenvalue weighted by Gasteiger charge is 2.48. The van der Waals surface area contributed by atoms with Gasteiger partial charge in [-0.3, -0.25) is 0 Å². The highest BCUT2D eigenvalue weighted by Crippen LogP contribution is 2.43. The minimum atomic E-state index is -0.151. The number of alkyl halides is 1. The molecular weight excluding hydrogens is 828 g/mol. The van der Waals surface area contributed by atoms with E-state index in [2.05, 4.69) is 13.8 Å². The number of hydrogen-bond acceptors (Lipinski definition) is 11. The van der Waals surface area contributed by atoms with Crippen LogP contribution in [0.4, 0.5) is 22.7 Å². The van der Waals surface area contributed by atoms with Crippen molar-refractivity contribution >= 4 is 41.1 Å². The van der Waals surface area contributed by atoms with Gasteiger partial charge in [-0.15, -0.1) is 11.6 Å². The second kappa shape index (κ2) is 25.8. The van der Waals surface area contributed by atoms with Crippen molar-refractivity contribution < 1.29 is 34.3 Å². The lowest BCUT2D eigenvalue weighted by Gasteiger charge is -2.26. The summed E-state index contributed by atoms with van der Waals surface area (Å²) in [5, 5.41) is 27.2. The third-order valence-electron chi connectivity index (χ3n) is 10.7. The number of phenols is 3. The molecule has 6 aromatic carbocycles. The van der Waals surface area contributed by atoms with Gasteiger partial charge >= 0.3 is 0 Å². The molecule has 0 radical (unpaired) electrons. The van der Waals surface area contributed by atoms with E-state index in [1.165, 1.54) is 30.4 Å². The summed E-state index contributed by atoms with van der Waals surface area (Å²) < 4.78 is 15.4. The summed E-state index contributed by atoms with van der Waals surface area (Å²) in [6, 6.07) is 46.2. The number of nitrogens with two attached hydrogens (primary N) is 4. The fourth-order valence-electron chi connectivity index (χ4n) is 6.67. The molecule has 5 atom stereocenters. The fraction of sp³-hybridized carbons (Fsp3) is 0.288. The van der Waals surface area contributed by atoms with Crippen molar-refractivity contribution in [2.75, 3.05) is 42.0 Å². The number of ether oxygens (including phenoxy) is 3. The zero-order chi connectivity index (χ0) is 46.5. The number of anilines is 4. The summed E-state index contributed by atoms with van der Waals surface area (Å²) in [7, 11) is 0. The summed E-state index contributed by atoms with van der Waals surface area (Å²) >= 11 is 5.27. The van der Waals surface area contributed by atoms with E-state index in [0.717, 1.165) is 48.1 Å². The fourth-order valence-corrected chi connectivity index (χ4v) is 6.85. The predicted octanol–water partition coefficient (Wildman–Crippen LogP) is 9.50. The van der Waals surface area contributed by atoms with Gasteiger partial charge in [0.05, 0.1) is 43.5 Å². The zero-order valence-corrected chi connectivity index (χ0v) is 37.4. The highest BCUT2D eigenvalue weighted by atomic mass is 35.5. The number of epoxide rings is 3. The average Bonchev–Trinajstić information content (AvgIpc) is 4.15. The second-order valence-electron chi connectivity index (χ2n) is 16.2. The normalized spacial score (nSPS) is 19.2. The zero-order valence-electron chi connectivity index (χ0n) is 36.6. The Balaban J connectivity index is 0.000000174. The molecule has 10 rings (SSSR count). The maximum atomic E-state index is 9.30. The standard InChI is InChI=1S/C15H16O2.C13H14N2.C8H12O2.C6H8N2.C6H6O.C3H5ClO.CH2O/c1-15(2,11-3-7-13(16)8-4-11)12-5-9-14(17)10-6-12;14-12-5-1-10(2-6-12)9-11-3-7-13(15)8-4-11;1-2-6-7(10-6)3-5(1)8-4-9-8;7-5-2-1-3-6(8)4-5;7-6-4-2-1-3-5-6;4-1-3-2-5-3;1-2/h3-10,16-17H,1-2H3;1-8H,9,14-15H2;5-8H,1-4H2;1-4H,7-8H2;1-5,7H;3H,1-2H2;1H2. The van der Waals surface area contributed by atoms with Crippen LogP contribution in [0.2, 0.25) is 0 Å². The number of carbonyl (C=O) groups is 1. The Morgan fingerprint density at radius 1 is 0.562 bits per heavy atom. The number of para-hydroxylation sites is 1. The van der Waals surface area contributed by atoms with Crippen molar-refractivity contribution in [3.63, 3.8) is 0 Å². The molecule has 11 nitrogen and oxygen atoms in total. The molecule has 12 heteroatoms. The van der Waals surface area contributed by atoms with Crippen LogP contribution in [0.25, 0.3) is 0 Å². The van der Waals surface area contributed by atoms with E-state index < -0.39 is 0 Å². The average molecular weight is 892 g/mol. The number of rotatable bonds is 6. The first-order chi connectivity index (χ1) is 30.8. The van der Waals surface area contributed by atoms with Crippen LogP contribution in [0, 0.1) is 5.92 Å². The number of benzene rings is 6. The molecule has 0 amide bonds. The number of aromatic hydroxyl groups is 3.